The Kier molecular flexibility index (Phi) is 4.71. The maximum Gasteiger partial charge on any atom is 0.254 e. The van der Waals surface area contributed by atoms with Crippen molar-refractivity contribution in [3.63, 3.8) is 0 Å². The van der Waals surface area contributed by atoms with Crippen molar-refractivity contribution in [2.75, 3.05) is 31.1 Å². The fourth-order valence-corrected chi connectivity index (χ4v) is 3.10. The minimum atomic E-state index is -0.744. The number of nitrogens with zero attached hydrogens (tertiary/aromatic N) is 2. The molecular formula is C18H17ClF2N2O. The highest BCUT2D eigenvalue weighted by molar-refractivity contribution is 6.30. The van der Waals surface area contributed by atoms with E-state index >= 15 is 0 Å². The Balaban J connectivity index is 1.70. The normalized spacial score (nSPS) is 14.8. The molecule has 0 spiro atoms. The highest BCUT2D eigenvalue weighted by Crippen LogP contribution is 2.25. The van der Waals surface area contributed by atoms with Crippen LogP contribution in [0.3, 0.4) is 0 Å². The minimum absolute atomic E-state index is 0.0416. The van der Waals surface area contributed by atoms with Gasteiger partial charge in [-0.15, -0.1) is 0 Å². The Bertz CT molecular complexity index is 753. The zero-order chi connectivity index (χ0) is 17.3. The van der Waals surface area contributed by atoms with Crippen molar-refractivity contribution in [3.05, 3.63) is 64.2 Å². The van der Waals surface area contributed by atoms with Crippen molar-refractivity contribution >= 4 is 23.2 Å². The molecule has 0 radical (unpaired) electrons. The Hall–Kier alpha value is -2.14. The predicted molar refractivity (Wildman–Crippen MR) is 90.7 cm³/mol. The Morgan fingerprint density at radius 3 is 2.25 bits per heavy atom. The van der Waals surface area contributed by atoms with Crippen LogP contribution in [0.2, 0.25) is 5.02 Å². The van der Waals surface area contributed by atoms with Crippen LogP contribution in [0.15, 0.2) is 36.4 Å². The average molecular weight is 351 g/mol. The first-order valence-corrected chi connectivity index (χ1v) is 8.08. The Labute approximate surface area is 144 Å². The molecule has 0 atom stereocenters. The van der Waals surface area contributed by atoms with Gasteiger partial charge in [0.1, 0.15) is 11.6 Å². The SMILES string of the molecule is Cc1ccc(Cl)cc1N1CCN(C(=O)c2cc(F)cc(F)c2)CC1. The summed E-state index contributed by atoms with van der Waals surface area (Å²) in [4.78, 5) is 16.2. The minimum Gasteiger partial charge on any atom is -0.368 e. The molecule has 0 unspecified atom stereocenters. The van der Waals surface area contributed by atoms with Crippen molar-refractivity contribution in [1.82, 2.24) is 4.90 Å². The summed E-state index contributed by atoms with van der Waals surface area (Å²) < 4.78 is 26.6. The summed E-state index contributed by atoms with van der Waals surface area (Å²) in [5.74, 6) is -1.84. The molecule has 0 aromatic heterocycles. The molecule has 0 bridgehead atoms. The molecule has 1 aliphatic heterocycles. The van der Waals surface area contributed by atoms with Crippen molar-refractivity contribution in [3.8, 4) is 0 Å². The highest BCUT2D eigenvalue weighted by atomic mass is 35.5. The van der Waals surface area contributed by atoms with E-state index < -0.39 is 11.6 Å². The van der Waals surface area contributed by atoms with Gasteiger partial charge in [-0.1, -0.05) is 17.7 Å². The number of hydrogen-bond donors (Lipinski definition) is 0. The second kappa shape index (κ2) is 6.77. The first-order chi connectivity index (χ1) is 11.4. The van der Waals surface area contributed by atoms with E-state index in [0.717, 1.165) is 29.4 Å². The first-order valence-electron chi connectivity index (χ1n) is 7.70. The molecule has 1 fully saturated rings. The molecule has 0 saturated carbocycles. The molecular weight excluding hydrogens is 334 g/mol. The molecule has 24 heavy (non-hydrogen) atoms. The number of aryl methyl sites for hydroxylation is 1. The van der Waals surface area contributed by atoms with Gasteiger partial charge in [-0.2, -0.15) is 0 Å². The summed E-state index contributed by atoms with van der Waals surface area (Å²) in [6, 6.07) is 8.62. The maximum atomic E-state index is 13.3. The number of benzene rings is 2. The fourth-order valence-electron chi connectivity index (χ4n) is 2.93. The quantitative estimate of drug-likeness (QED) is 0.820. The first kappa shape index (κ1) is 16.7. The topological polar surface area (TPSA) is 23.6 Å². The van der Waals surface area contributed by atoms with Gasteiger partial charge in [-0.25, -0.2) is 8.78 Å². The van der Waals surface area contributed by atoms with Crippen LogP contribution in [0.4, 0.5) is 14.5 Å². The van der Waals surface area contributed by atoms with Crippen molar-refractivity contribution in [2.45, 2.75) is 6.92 Å². The third-order valence-corrected chi connectivity index (χ3v) is 4.42. The van der Waals surface area contributed by atoms with Crippen LogP contribution in [0, 0.1) is 18.6 Å². The number of rotatable bonds is 2. The van der Waals surface area contributed by atoms with E-state index in [-0.39, 0.29) is 11.5 Å². The summed E-state index contributed by atoms with van der Waals surface area (Å²) in [5, 5.41) is 0.671. The Morgan fingerprint density at radius 2 is 1.62 bits per heavy atom. The van der Waals surface area contributed by atoms with E-state index in [4.69, 9.17) is 11.6 Å². The summed E-state index contributed by atoms with van der Waals surface area (Å²) in [7, 11) is 0. The number of amides is 1. The van der Waals surface area contributed by atoms with Gasteiger partial charge in [0.25, 0.3) is 5.91 Å². The van der Waals surface area contributed by atoms with Crippen LogP contribution in [-0.4, -0.2) is 37.0 Å². The second-order valence-electron chi connectivity index (χ2n) is 5.87. The third-order valence-electron chi connectivity index (χ3n) is 4.19. The monoisotopic (exact) mass is 350 g/mol. The van der Waals surface area contributed by atoms with Gasteiger partial charge in [-0.05, 0) is 36.8 Å². The molecule has 0 aliphatic carbocycles. The van der Waals surface area contributed by atoms with E-state index in [1.807, 2.05) is 25.1 Å². The predicted octanol–water partition coefficient (Wildman–Crippen LogP) is 3.89. The standard InChI is InChI=1S/C18H17ClF2N2O/c1-12-2-3-14(19)10-17(12)22-4-6-23(7-5-22)18(24)13-8-15(20)11-16(21)9-13/h2-3,8-11H,4-7H2,1H3. The van der Waals surface area contributed by atoms with Crippen LogP contribution in [0.25, 0.3) is 0 Å². The van der Waals surface area contributed by atoms with Crippen LogP contribution in [0.1, 0.15) is 15.9 Å². The lowest BCUT2D eigenvalue weighted by molar-refractivity contribution is 0.0745. The van der Waals surface area contributed by atoms with Crippen LogP contribution < -0.4 is 4.90 Å². The van der Waals surface area contributed by atoms with Gasteiger partial charge in [0.05, 0.1) is 0 Å². The molecule has 1 heterocycles. The van der Waals surface area contributed by atoms with E-state index in [1.165, 1.54) is 0 Å². The van der Waals surface area contributed by atoms with Gasteiger partial charge in [0.15, 0.2) is 0 Å². The maximum absolute atomic E-state index is 13.3. The molecule has 0 N–H and O–H groups in total. The summed E-state index contributed by atoms with van der Waals surface area (Å²) in [6.45, 7) is 4.28. The van der Waals surface area contributed by atoms with Gasteiger partial charge in [0, 0.05) is 48.5 Å². The molecule has 3 rings (SSSR count). The summed E-state index contributed by atoms with van der Waals surface area (Å²) in [5.41, 5.74) is 2.21. The zero-order valence-corrected chi connectivity index (χ0v) is 14.0. The number of piperazine rings is 1. The number of halogens is 3. The second-order valence-corrected chi connectivity index (χ2v) is 6.30. The molecule has 2 aromatic carbocycles. The van der Waals surface area contributed by atoms with E-state index in [0.29, 0.717) is 31.2 Å². The molecule has 6 heteroatoms. The number of carbonyl (C=O) groups is 1. The summed E-state index contributed by atoms with van der Waals surface area (Å²) in [6.07, 6.45) is 0. The number of hydrogen-bond acceptors (Lipinski definition) is 2. The number of carbonyl (C=O) groups excluding carboxylic acids is 1. The molecule has 1 saturated heterocycles. The lowest BCUT2D eigenvalue weighted by Gasteiger charge is -2.37. The lowest BCUT2D eigenvalue weighted by atomic mass is 10.1. The van der Waals surface area contributed by atoms with E-state index in [2.05, 4.69) is 4.90 Å². The van der Waals surface area contributed by atoms with Crippen molar-refractivity contribution < 1.29 is 13.6 Å². The number of anilines is 1. The molecule has 2 aromatic rings. The summed E-state index contributed by atoms with van der Waals surface area (Å²) >= 11 is 6.06. The highest BCUT2D eigenvalue weighted by Gasteiger charge is 2.23. The third kappa shape index (κ3) is 3.51. The van der Waals surface area contributed by atoms with Gasteiger partial charge >= 0.3 is 0 Å². The average Bonchev–Trinajstić information content (AvgIpc) is 2.56. The van der Waals surface area contributed by atoms with Crippen LogP contribution in [-0.2, 0) is 0 Å². The van der Waals surface area contributed by atoms with Crippen LogP contribution >= 0.6 is 11.6 Å². The van der Waals surface area contributed by atoms with Gasteiger partial charge < -0.3 is 9.80 Å². The lowest BCUT2D eigenvalue weighted by Crippen LogP contribution is -2.49. The van der Waals surface area contributed by atoms with E-state index in [1.54, 1.807) is 4.90 Å². The molecule has 1 amide bonds. The van der Waals surface area contributed by atoms with Crippen molar-refractivity contribution in [1.29, 1.82) is 0 Å². The fraction of sp³-hybridized carbons (Fsp3) is 0.278. The molecule has 1 aliphatic rings. The smallest absolute Gasteiger partial charge is 0.254 e. The Morgan fingerprint density at radius 1 is 1.00 bits per heavy atom. The van der Waals surface area contributed by atoms with Gasteiger partial charge in [-0.3, -0.25) is 4.79 Å². The molecule has 126 valence electrons. The van der Waals surface area contributed by atoms with Gasteiger partial charge in [0.2, 0.25) is 0 Å². The van der Waals surface area contributed by atoms with Crippen LogP contribution in [0.5, 0.6) is 0 Å². The van der Waals surface area contributed by atoms with Crippen molar-refractivity contribution in [2.24, 2.45) is 0 Å². The zero-order valence-electron chi connectivity index (χ0n) is 13.2. The van der Waals surface area contributed by atoms with E-state index in [9.17, 15) is 13.6 Å². The molecule has 3 nitrogen and oxygen atoms in total. The largest absolute Gasteiger partial charge is 0.368 e.